The molecule has 0 saturated heterocycles. The largest absolute Gasteiger partial charge is 0.349 e. The predicted molar refractivity (Wildman–Crippen MR) is 71.3 cm³/mol. The molecule has 2 heterocycles. The summed E-state index contributed by atoms with van der Waals surface area (Å²) < 4.78 is 4.18. The summed E-state index contributed by atoms with van der Waals surface area (Å²) in [7, 11) is 0. The van der Waals surface area contributed by atoms with Gasteiger partial charge in [0.2, 0.25) is 0 Å². The van der Waals surface area contributed by atoms with Gasteiger partial charge < -0.3 is 9.88 Å². The van der Waals surface area contributed by atoms with Crippen LogP contribution in [0.1, 0.15) is 23.9 Å². The molecule has 2 aromatic heterocycles. The van der Waals surface area contributed by atoms with Gasteiger partial charge in [-0.3, -0.25) is 4.68 Å². The van der Waals surface area contributed by atoms with Gasteiger partial charge in [0.15, 0.2) is 0 Å². The van der Waals surface area contributed by atoms with E-state index >= 15 is 0 Å². The minimum atomic E-state index is 0.854. The first-order valence-electron chi connectivity index (χ1n) is 6.42. The molecule has 0 unspecified atom stereocenters. The van der Waals surface area contributed by atoms with E-state index in [1.54, 1.807) is 6.20 Å². The van der Waals surface area contributed by atoms with Crippen LogP contribution in [-0.4, -0.2) is 26.1 Å². The van der Waals surface area contributed by atoms with Gasteiger partial charge in [0, 0.05) is 37.2 Å². The van der Waals surface area contributed by atoms with Crippen molar-refractivity contribution in [2.75, 3.05) is 6.54 Å². The van der Waals surface area contributed by atoms with E-state index in [4.69, 9.17) is 0 Å². The molecule has 98 valence electrons. The van der Waals surface area contributed by atoms with Crippen LogP contribution in [0.15, 0.2) is 18.5 Å². The lowest BCUT2D eigenvalue weighted by Gasteiger charge is -2.07. The number of nitrogens with zero attached hydrogens (tertiary/aromatic N) is 4. The quantitative estimate of drug-likeness (QED) is 0.787. The summed E-state index contributed by atoms with van der Waals surface area (Å²) in [6.07, 6.45) is 3.58. The molecule has 0 aliphatic heterocycles. The fourth-order valence-electron chi connectivity index (χ4n) is 2.31. The molecular formula is C13H21N5. The van der Waals surface area contributed by atoms with Gasteiger partial charge in [-0.1, -0.05) is 5.21 Å². The first-order valence-corrected chi connectivity index (χ1v) is 6.42. The SMILES string of the molecule is CCn1c(C)cc(CNCCn2ccnn2)c1C. The van der Waals surface area contributed by atoms with Crippen molar-refractivity contribution in [3.63, 3.8) is 0 Å². The number of nitrogens with one attached hydrogen (secondary N) is 1. The molecule has 0 aliphatic rings. The number of aryl methyl sites for hydroxylation is 1. The second-order valence-corrected chi connectivity index (χ2v) is 4.48. The van der Waals surface area contributed by atoms with Gasteiger partial charge >= 0.3 is 0 Å². The predicted octanol–water partition coefficient (Wildman–Crippen LogP) is 1.51. The Morgan fingerprint density at radius 1 is 1.33 bits per heavy atom. The van der Waals surface area contributed by atoms with E-state index in [-0.39, 0.29) is 0 Å². The topological polar surface area (TPSA) is 47.7 Å². The van der Waals surface area contributed by atoms with E-state index in [0.29, 0.717) is 0 Å². The molecule has 2 rings (SSSR count). The molecule has 5 nitrogen and oxygen atoms in total. The molecular weight excluding hydrogens is 226 g/mol. The smallest absolute Gasteiger partial charge is 0.0692 e. The van der Waals surface area contributed by atoms with Gasteiger partial charge in [0.05, 0.1) is 12.7 Å². The van der Waals surface area contributed by atoms with E-state index in [0.717, 1.165) is 26.2 Å². The van der Waals surface area contributed by atoms with E-state index in [2.05, 4.69) is 47.0 Å². The van der Waals surface area contributed by atoms with Crippen LogP contribution in [0, 0.1) is 13.8 Å². The first kappa shape index (κ1) is 12.8. The third-order valence-electron chi connectivity index (χ3n) is 3.30. The van der Waals surface area contributed by atoms with Crippen LogP contribution < -0.4 is 5.32 Å². The minimum Gasteiger partial charge on any atom is -0.349 e. The van der Waals surface area contributed by atoms with Gasteiger partial charge in [-0.05, 0) is 32.4 Å². The fourth-order valence-corrected chi connectivity index (χ4v) is 2.31. The number of aromatic nitrogens is 4. The molecule has 0 aliphatic carbocycles. The molecule has 0 spiro atoms. The Bertz CT molecular complexity index is 484. The van der Waals surface area contributed by atoms with Gasteiger partial charge in [0.1, 0.15) is 0 Å². The Kier molecular flexibility index (Phi) is 4.15. The fraction of sp³-hybridized carbons (Fsp3) is 0.538. The molecule has 0 saturated carbocycles. The molecule has 5 heteroatoms. The zero-order valence-corrected chi connectivity index (χ0v) is 11.3. The van der Waals surface area contributed by atoms with E-state index in [1.165, 1.54) is 17.0 Å². The lowest BCUT2D eigenvalue weighted by atomic mass is 10.2. The number of hydrogen-bond acceptors (Lipinski definition) is 3. The summed E-state index contributed by atoms with van der Waals surface area (Å²) in [6.45, 7) is 10.2. The van der Waals surface area contributed by atoms with Crippen LogP contribution in [0.2, 0.25) is 0 Å². The maximum atomic E-state index is 3.93. The molecule has 18 heavy (non-hydrogen) atoms. The van der Waals surface area contributed by atoms with Crippen LogP contribution in [0.5, 0.6) is 0 Å². The van der Waals surface area contributed by atoms with Crippen molar-refractivity contribution in [3.05, 3.63) is 35.4 Å². The zero-order chi connectivity index (χ0) is 13.0. The van der Waals surface area contributed by atoms with Crippen molar-refractivity contribution in [3.8, 4) is 0 Å². The summed E-state index contributed by atoms with van der Waals surface area (Å²) in [4.78, 5) is 0. The first-order chi connectivity index (χ1) is 8.72. The van der Waals surface area contributed by atoms with E-state index in [9.17, 15) is 0 Å². The Morgan fingerprint density at radius 3 is 2.78 bits per heavy atom. The molecule has 0 radical (unpaired) electrons. The summed E-state index contributed by atoms with van der Waals surface area (Å²) >= 11 is 0. The Balaban J connectivity index is 1.83. The average molecular weight is 247 g/mol. The lowest BCUT2D eigenvalue weighted by Crippen LogP contribution is -2.20. The highest BCUT2D eigenvalue weighted by molar-refractivity contribution is 5.26. The third kappa shape index (κ3) is 2.79. The molecule has 0 aromatic carbocycles. The van der Waals surface area contributed by atoms with Gasteiger partial charge in [-0.15, -0.1) is 5.10 Å². The minimum absolute atomic E-state index is 0.854. The summed E-state index contributed by atoms with van der Waals surface area (Å²) in [5.41, 5.74) is 4.08. The highest BCUT2D eigenvalue weighted by Crippen LogP contribution is 2.14. The van der Waals surface area contributed by atoms with Crippen molar-refractivity contribution in [1.82, 2.24) is 24.9 Å². The van der Waals surface area contributed by atoms with Crippen molar-refractivity contribution >= 4 is 0 Å². The maximum Gasteiger partial charge on any atom is 0.0692 e. The Labute approximate surface area is 108 Å². The van der Waals surface area contributed by atoms with Crippen LogP contribution in [0.3, 0.4) is 0 Å². The third-order valence-corrected chi connectivity index (χ3v) is 3.30. The summed E-state index contributed by atoms with van der Waals surface area (Å²) in [5, 5.41) is 11.2. The van der Waals surface area contributed by atoms with E-state index in [1.807, 2.05) is 10.9 Å². The molecule has 2 aromatic rings. The lowest BCUT2D eigenvalue weighted by molar-refractivity contribution is 0.539. The van der Waals surface area contributed by atoms with Crippen molar-refractivity contribution in [2.45, 2.75) is 40.4 Å². The van der Waals surface area contributed by atoms with Crippen molar-refractivity contribution in [1.29, 1.82) is 0 Å². The average Bonchev–Trinajstić information content (AvgIpc) is 2.94. The Morgan fingerprint density at radius 2 is 2.17 bits per heavy atom. The van der Waals surface area contributed by atoms with E-state index < -0.39 is 0 Å². The molecule has 0 atom stereocenters. The molecule has 1 N–H and O–H groups in total. The van der Waals surface area contributed by atoms with Gasteiger partial charge in [-0.2, -0.15) is 0 Å². The standard InChI is InChI=1S/C13H21N5/c1-4-18-11(2)9-13(12(18)3)10-14-5-7-17-8-6-15-16-17/h6,8-9,14H,4-5,7,10H2,1-3H3. The normalized spacial score (nSPS) is 11.1. The van der Waals surface area contributed by atoms with Crippen LogP contribution in [0.4, 0.5) is 0 Å². The summed E-state index contributed by atoms with van der Waals surface area (Å²) in [6, 6.07) is 2.27. The summed E-state index contributed by atoms with van der Waals surface area (Å²) in [5.74, 6) is 0. The monoisotopic (exact) mass is 247 g/mol. The molecule has 0 bridgehead atoms. The maximum absolute atomic E-state index is 3.93. The van der Waals surface area contributed by atoms with Crippen LogP contribution in [0.25, 0.3) is 0 Å². The molecule has 0 amide bonds. The second kappa shape index (κ2) is 5.82. The van der Waals surface area contributed by atoms with Crippen LogP contribution >= 0.6 is 0 Å². The van der Waals surface area contributed by atoms with Crippen molar-refractivity contribution < 1.29 is 0 Å². The highest BCUT2D eigenvalue weighted by atomic mass is 15.4. The number of rotatable bonds is 6. The van der Waals surface area contributed by atoms with Crippen molar-refractivity contribution in [2.24, 2.45) is 0 Å². The zero-order valence-electron chi connectivity index (χ0n) is 11.3. The van der Waals surface area contributed by atoms with Gasteiger partial charge in [-0.25, -0.2) is 0 Å². The Hall–Kier alpha value is -1.62. The van der Waals surface area contributed by atoms with Gasteiger partial charge in [0.25, 0.3) is 0 Å². The number of hydrogen-bond donors (Lipinski definition) is 1. The molecule has 0 fully saturated rings. The van der Waals surface area contributed by atoms with Crippen LogP contribution in [-0.2, 0) is 19.6 Å². The second-order valence-electron chi connectivity index (χ2n) is 4.48. The highest BCUT2D eigenvalue weighted by Gasteiger charge is 2.06.